The summed E-state index contributed by atoms with van der Waals surface area (Å²) in [7, 11) is 0. The maximum Gasteiger partial charge on any atom is 0.337 e. The Hall–Kier alpha value is -2.88. The molecule has 0 saturated heterocycles. The third kappa shape index (κ3) is 3.16. The molecular weight excluding hydrogens is 423 g/mol. The Labute approximate surface area is 160 Å². The number of hydrogen-bond donors (Lipinski definition) is 0. The van der Waals surface area contributed by atoms with Gasteiger partial charge in [0.05, 0.1) is 32.6 Å². The van der Waals surface area contributed by atoms with Gasteiger partial charge in [-0.15, -0.1) is 5.10 Å². The SMILES string of the molecule is O=C(On1ccc(-c2c([N+](=O)[O-])cnc3cc(F)c(Br)cc23)n1)C1CCC1. The molecule has 3 aromatic rings. The molecule has 1 saturated carbocycles. The van der Waals surface area contributed by atoms with Crippen molar-refractivity contribution in [2.45, 2.75) is 19.3 Å². The van der Waals surface area contributed by atoms with E-state index in [0.29, 0.717) is 5.39 Å². The van der Waals surface area contributed by atoms with Crippen molar-refractivity contribution in [3.8, 4) is 11.3 Å². The van der Waals surface area contributed by atoms with Crippen molar-refractivity contribution in [1.29, 1.82) is 0 Å². The van der Waals surface area contributed by atoms with Crippen LogP contribution in [-0.2, 0) is 4.79 Å². The van der Waals surface area contributed by atoms with Crippen molar-refractivity contribution in [1.82, 2.24) is 14.9 Å². The molecule has 0 atom stereocenters. The van der Waals surface area contributed by atoms with Gasteiger partial charge in [0.2, 0.25) is 0 Å². The van der Waals surface area contributed by atoms with Gasteiger partial charge in [0.15, 0.2) is 0 Å². The molecule has 1 aliphatic rings. The molecular formula is C17H12BrFN4O4. The monoisotopic (exact) mass is 434 g/mol. The number of carbonyl (C=O) groups is 1. The third-order valence-electron chi connectivity index (χ3n) is 4.53. The second-order valence-corrected chi connectivity index (χ2v) is 7.06. The van der Waals surface area contributed by atoms with Crippen LogP contribution in [-0.4, -0.2) is 25.8 Å². The summed E-state index contributed by atoms with van der Waals surface area (Å²) in [4.78, 5) is 33.0. The Morgan fingerprint density at radius 3 is 2.85 bits per heavy atom. The molecule has 0 bridgehead atoms. The summed E-state index contributed by atoms with van der Waals surface area (Å²) in [5.41, 5.74) is 0.354. The number of carbonyl (C=O) groups excluding carboxylic acids is 1. The quantitative estimate of drug-likeness (QED) is 0.458. The molecule has 8 nitrogen and oxygen atoms in total. The summed E-state index contributed by atoms with van der Waals surface area (Å²) in [6.45, 7) is 0. The van der Waals surface area contributed by atoms with E-state index in [-0.39, 0.29) is 38.8 Å². The molecule has 4 rings (SSSR count). The molecule has 0 amide bonds. The molecule has 1 fully saturated rings. The summed E-state index contributed by atoms with van der Waals surface area (Å²) in [5, 5.41) is 16.0. The molecule has 0 N–H and O–H groups in total. The number of halogens is 2. The van der Waals surface area contributed by atoms with Gasteiger partial charge in [-0.3, -0.25) is 10.1 Å². The zero-order valence-corrected chi connectivity index (χ0v) is 15.3. The predicted molar refractivity (Wildman–Crippen MR) is 96.2 cm³/mol. The number of nitrogens with zero attached hydrogens (tertiary/aromatic N) is 4. The molecule has 1 aliphatic carbocycles. The largest absolute Gasteiger partial charge is 0.337 e. The van der Waals surface area contributed by atoms with Gasteiger partial charge >= 0.3 is 5.97 Å². The smallest absolute Gasteiger partial charge is 0.319 e. The van der Waals surface area contributed by atoms with Crippen LogP contribution in [0.15, 0.2) is 35.1 Å². The van der Waals surface area contributed by atoms with E-state index in [1.165, 1.54) is 24.4 Å². The van der Waals surface area contributed by atoms with Gasteiger partial charge in [0, 0.05) is 11.5 Å². The first-order valence-corrected chi connectivity index (χ1v) is 8.93. The van der Waals surface area contributed by atoms with E-state index in [9.17, 15) is 19.3 Å². The van der Waals surface area contributed by atoms with Crippen LogP contribution in [0.3, 0.4) is 0 Å². The highest BCUT2D eigenvalue weighted by atomic mass is 79.9. The fourth-order valence-corrected chi connectivity index (χ4v) is 3.23. The Morgan fingerprint density at radius 1 is 1.41 bits per heavy atom. The van der Waals surface area contributed by atoms with Crippen molar-refractivity contribution in [2.24, 2.45) is 5.92 Å². The van der Waals surface area contributed by atoms with Crippen LogP contribution in [0.1, 0.15) is 19.3 Å². The highest BCUT2D eigenvalue weighted by Crippen LogP contribution is 2.36. The highest BCUT2D eigenvalue weighted by molar-refractivity contribution is 9.10. The Balaban J connectivity index is 1.80. The average Bonchev–Trinajstić information content (AvgIpc) is 3.01. The van der Waals surface area contributed by atoms with Crippen molar-refractivity contribution in [3.05, 3.63) is 51.0 Å². The number of benzene rings is 1. The predicted octanol–water partition coefficient (Wildman–Crippen LogP) is 3.66. The summed E-state index contributed by atoms with van der Waals surface area (Å²) in [6, 6.07) is 4.09. The van der Waals surface area contributed by atoms with Gasteiger partial charge in [-0.1, -0.05) is 11.3 Å². The van der Waals surface area contributed by atoms with Crippen LogP contribution >= 0.6 is 15.9 Å². The van der Waals surface area contributed by atoms with Gasteiger partial charge in [-0.25, -0.2) is 14.2 Å². The van der Waals surface area contributed by atoms with Crippen LogP contribution < -0.4 is 4.84 Å². The van der Waals surface area contributed by atoms with Crippen molar-refractivity contribution < 1.29 is 18.9 Å². The minimum Gasteiger partial charge on any atom is -0.319 e. The molecule has 0 radical (unpaired) electrons. The van der Waals surface area contributed by atoms with E-state index < -0.39 is 10.7 Å². The van der Waals surface area contributed by atoms with E-state index in [1.54, 1.807) is 0 Å². The Kier molecular flexibility index (Phi) is 4.34. The minimum absolute atomic E-state index is 0.132. The van der Waals surface area contributed by atoms with E-state index in [4.69, 9.17) is 4.84 Å². The second kappa shape index (κ2) is 6.69. The number of rotatable bonds is 4. The van der Waals surface area contributed by atoms with Gasteiger partial charge in [0.25, 0.3) is 5.69 Å². The third-order valence-corrected chi connectivity index (χ3v) is 5.14. The van der Waals surface area contributed by atoms with Gasteiger partial charge in [0.1, 0.15) is 17.7 Å². The first kappa shape index (κ1) is 17.5. The fourth-order valence-electron chi connectivity index (χ4n) is 2.89. The zero-order chi connectivity index (χ0) is 19.1. The molecule has 2 aromatic heterocycles. The maximum absolute atomic E-state index is 13.8. The second-order valence-electron chi connectivity index (χ2n) is 6.20. The maximum atomic E-state index is 13.8. The van der Waals surface area contributed by atoms with E-state index in [1.807, 2.05) is 0 Å². The summed E-state index contributed by atoms with van der Waals surface area (Å²) in [5.74, 6) is -1.04. The zero-order valence-electron chi connectivity index (χ0n) is 13.8. The normalized spacial score (nSPS) is 14.1. The number of aromatic nitrogens is 3. The van der Waals surface area contributed by atoms with Crippen LogP contribution in [0, 0.1) is 21.8 Å². The molecule has 0 spiro atoms. The van der Waals surface area contributed by atoms with Gasteiger partial charge in [-0.05, 0) is 40.9 Å². The summed E-state index contributed by atoms with van der Waals surface area (Å²) < 4.78 is 14.0. The van der Waals surface area contributed by atoms with Crippen molar-refractivity contribution >= 4 is 38.5 Å². The lowest BCUT2D eigenvalue weighted by atomic mass is 9.86. The van der Waals surface area contributed by atoms with Crippen molar-refractivity contribution in [2.75, 3.05) is 0 Å². The number of hydrogen-bond acceptors (Lipinski definition) is 6. The molecule has 0 aliphatic heterocycles. The molecule has 2 heterocycles. The van der Waals surface area contributed by atoms with Crippen LogP contribution in [0.4, 0.5) is 10.1 Å². The number of nitro groups is 1. The molecule has 10 heteroatoms. The van der Waals surface area contributed by atoms with Gasteiger partial charge < -0.3 is 4.84 Å². The van der Waals surface area contributed by atoms with Crippen molar-refractivity contribution in [3.63, 3.8) is 0 Å². The molecule has 27 heavy (non-hydrogen) atoms. The van der Waals surface area contributed by atoms with Crippen LogP contribution in [0.2, 0.25) is 0 Å². The summed E-state index contributed by atoms with van der Waals surface area (Å²) >= 11 is 3.09. The number of fused-ring (bicyclic) bond motifs is 1. The van der Waals surface area contributed by atoms with Crippen LogP contribution in [0.5, 0.6) is 0 Å². The summed E-state index contributed by atoms with van der Waals surface area (Å²) in [6.07, 6.45) is 5.02. The van der Waals surface area contributed by atoms with Crippen LogP contribution in [0.25, 0.3) is 22.2 Å². The topological polar surface area (TPSA) is 100 Å². The van der Waals surface area contributed by atoms with E-state index in [2.05, 4.69) is 26.0 Å². The Bertz CT molecular complexity index is 1080. The number of pyridine rings is 1. The molecule has 138 valence electrons. The lowest BCUT2D eigenvalue weighted by Crippen LogP contribution is -2.31. The lowest BCUT2D eigenvalue weighted by Gasteiger charge is -2.22. The van der Waals surface area contributed by atoms with E-state index in [0.717, 1.165) is 30.3 Å². The van der Waals surface area contributed by atoms with Gasteiger partial charge in [-0.2, -0.15) is 0 Å². The van der Waals surface area contributed by atoms with E-state index >= 15 is 0 Å². The standard InChI is InChI=1S/C17H12BrFN4O4/c18-11-6-10-14(7-12(11)19)20-8-15(23(25)26)16(10)13-4-5-22(21-13)27-17(24)9-2-1-3-9/h4-9H,1-3H2. The minimum atomic E-state index is -0.585. The average molecular weight is 435 g/mol. The lowest BCUT2D eigenvalue weighted by molar-refractivity contribution is -0.384. The highest BCUT2D eigenvalue weighted by Gasteiger charge is 2.28. The first-order valence-electron chi connectivity index (χ1n) is 8.14. The first-order chi connectivity index (χ1) is 12.9. The Morgan fingerprint density at radius 2 is 2.19 bits per heavy atom. The molecule has 1 aromatic carbocycles. The fraction of sp³-hybridized carbons (Fsp3) is 0.235. The molecule has 0 unspecified atom stereocenters.